The van der Waals surface area contributed by atoms with Crippen LogP contribution in [0.25, 0.3) is 0 Å². The van der Waals surface area contributed by atoms with Crippen molar-refractivity contribution in [2.75, 3.05) is 18.0 Å². The van der Waals surface area contributed by atoms with Crippen molar-refractivity contribution < 1.29 is 0 Å². The average molecular weight is 268 g/mol. The van der Waals surface area contributed by atoms with Crippen LogP contribution in [-0.2, 0) is 0 Å². The fraction of sp³-hybridized carbons (Fsp3) is 0.611. The first-order valence-electron chi connectivity index (χ1n) is 7.98. The average Bonchev–Trinajstić information content (AvgIpc) is 2.49. The fourth-order valence-corrected chi connectivity index (χ4v) is 4.04. The van der Waals surface area contributed by atoms with Gasteiger partial charge in [-0.3, -0.25) is 0 Å². The molecule has 1 aromatic carbocycles. The van der Waals surface area contributed by atoms with Gasteiger partial charge in [0.05, 0.1) is 11.3 Å². The van der Waals surface area contributed by atoms with Gasteiger partial charge in [-0.1, -0.05) is 25.3 Å². The lowest BCUT2D eigenvalue weighted by Crippen LogP contribution is -2.41. The van der Waals surface area contributed by atoms with Crippen LogP contribution < -0.4 is 4.90 Å². The maximum Gasteiger partial charge on any atom is 0.101 e. The van der Waals surface area contributed by atoms with Crippen LogP contribution in [0.1, 0.15) is 56.1 Å². The Bertz CT molecular complexity index is 511. The van der Waals surface area contributed by atoms with Gasteiger partial charge >= 0.3 is 0 Å². The van der Waals surface area contributed by atoms with Crippen molar-refractivity contribution in [2.24, 2.45) is 5.41 Å². The molecule has 0 unspecified atom stereocenters. The molecule has 2 nitrogen and oxygen atoms in total. The number of hydrogen-bond acceptors (Lipinski definition) is 2. The molecule has 106 valence electrons. The van der Waals surface area contributed by atoms with Crippen LogP contribution in [0.4, 0.5) is 5.69 Å². The first-order chi connectivity index (χ1) is 9.72. The number of nitrogens with zero attached hydrogens (tertiary/aromatic N) is 2. The molecule has 2 fully saturated rings. The molecule has 3 rings (SSSR count). The van der Waals surface area contributed by atoms with E-state index in [1.165, 1.54) is 50.5 Å². The lowest BCUT2D eigenvalue weighted by Gasteiger charge is -2.45. The van der Waals surface area contributed by atoms with Crippen LogP contribution in [0, 0.1) is 23.7 Å². The third-order valence-corrected chi connectivity index (χ3v) is 5.35. The number of piperidine rings is 1. The van der Waals surface area contributed by atoms with Crippen molar-refractivity contribution >= 4 is 5.69 Å². The van der Waals surface area contributed by atoms with E-state index in [9.17, 15) is 5.26 Å². The molecular formula is C18H24N2. The number of rotatable bonds is 1. The molecule has 0 bridgehead atoms. The van der Waals surface area contributed by atoms with Crippen LogP contribution in [0.5, 0.6) is 0 Å². The first kappa shape index (κ1) is 13.5. The number of nitriles is 1. The maximum atomic E-state index is 9.34. The summed E-state index contributed by atoms with van der Waals surface area (Å²) in [6.45, 7) is 4.30. The van der Waals surface area contributed by atoms with Crippen LogP contribution in [-0.4, -0.2) is 13.1 Å². The van der Waals surface area contributed by atoms with Crippen molar-refractivity contribution in [1.29, 1.82) is 5.26 Å². The number of benzene rings is 1. The van der Waals surface area contributed by atoms with E-state index in [-0.39, 0.29) is 0 Å². The minimum atomic E-state index is 0.631. The van der Waals surface area contributed by atoms with Crippen LogP contribution in [0.3, 0.4) is 0 Å². The highest BCUT2D eigenvalue weighted by Crippen LogP contribution is 2.45. The highest BCUT2D eigenvalue weighted by molar-refractivity contribution is 5.60. The van der Waals surface area contributed by atoms with Crippen molar-refractivity contribution in [3.8, 4) is 6.07 Å². The summed E-state index contributed by atoms with van der Waals surface area (Å²) in [4.78, 5) is 2.43. The van der Waals surface area contributed by atoms with E-state index in [2.05, 4.69) is 30.0 Å². The highest BCUT2D eigenvalue weighted by atomic mass is 15.1. The van der Waals surface area contributed by atoms with Gasteiger partial charge in [-0.15, -0.1) is 0 Å². The second-order valence-corrected chi connectivity index (χ2v) is 6.68. The number of anilines is 1. The van der Waals surface area contributed by atoms with E-state index in [1.54, 1.807) is 0 Å². The molecule has 1 saturated heterocycles. The Morgan fingerprint density at radius 2 is 1.75 bits per heavy atom. The Kier molecular flexibility index (Phi) is 3.70. The Labute approximate surface area is 122 Å². The zero-order chi connectivity index (χ0) is 14.0. The molecule has 0 N–H and O–H groups in total. The van der Waals surface area contributed by atoms with E-state index in [1.807, 2.05) is 6.07 Å². The van der Waals surface area contributed by atoms with Gasteiger partial charge in [-0.25, -0.2) is 0 Å². The largest absolute Gasteiger partial charge is 0.370 e. The molecule has 1 aliphatic carbocycles. The molecule has 0 atom stereocenters. The van der Waals surface area contributed by atoms with Gasteiger partial charge in [-0.05, 0) is 55.7 Å². The molecule has 1 aliphatic heterocycles. The second-order valence-electron chi connectivity index (χ2n) is 6.68. The number of hydrogen-bond donors (Lipinski definition) is 0. The molecule has 0 amide bonds. The van der Waals surface area contributed by atoms with E-state index < -0.39 is 0 Å². The smallest absolute Gasteiger partial charge is 0.101 e. The Morgan fingerprint density at radius 1 is 1.05 bits per heavy atom. The summed E-state index contributed by atoms with van der Waals surface area (Å²) in [6.07, 6.45) is 9.77. The predicted octanol–water partition coefficient (Wildman–Crippen LogP) is 4.42. The monoisotopic (exact) mass is 268 g/mol. The minimum Gasteiger partial charge on any atom is -0.370 e. The van der Waals surface area contributed by atoms with Gasteiger partial charge in [0.1, 0.15) is 6.07 Å². The summed E-state index contributed by atoms with van der Waals surface area (Å²) in [5, 5.41) is 9.34. The fourth-order valence-electron chi connectivity index (χ4n) is 4.04. The molecule has 1 spiro atoms. The summed E-state index contributed by atoms with van der Waals surface area (Å²) in [5.41, 5.74) is 3.78. The van der Waals surface area contributed by atoms with Crippen molar-refractivity contribution in [1.82, 2.24) is 0 Å². The minimum absolute atomic E-state index is 0.631. The topological polar surface area (TPSA) is 27.0 Å². The SMILES string of the molecule is Cc1ccc(N2CCC3(CCCCC3)CC2)c(C#N)c1. The van der Waals surface area contributed by atoms with E-state index in [0.717, 1.165) is 24.3 Å². The lowest BCUT2D eigenvalue weighted by atomic mass is 9.68. The maximum absolute atomic E-state index is 9.34. The quantitative estimate of drug-likeness (QED) is 0.754. The van der Waals surface area contributed by atoms with Crippen molar-refractivity contribution in [3.63, 3.8) is 0 Å². The van der Waals surface area contributed by atoms with Gasteiger partial charge in [0, 0.05) is 13.1 Å². The third-order valence-electron chi connectivity index (χ3n) is 5.35. The molecular weight excluding hydrogens is 244 g/mol. The van der Waals surface area contributed by atoms with Gasteiger partial charge in [-0.2, -0.15) is 5.26 Å². The molecule has 0 radical (unpaired) electrons. The van der Waals surface area contributed by atoms with Crippen LogP contribution >= 0.6 is 0 Å². The van der Waals surface area contributed by atoms with Crippen LogP contribution in [0.2, 0.25) is 0 Å². The third kappa shape index (κ3) is 2.54. The zero-order valence-electron chi connectivity index (χ0n) is 12.5. The second kappa shape index (κ2) is 5.48. The zero-order valence-corrected chi connectivity index (χ0v) is 12.5. The summed E-state index contributed by atoms with van der Waals surface area (Å²) in [7, 11) is 0. The summed E-state index contributed by atoms with van der Waals surface area (Å²) in [6, 6.07) is 8.64. The molecule has 0 aromatic heterocycles. The Hall–Kier alpha value is -1.49. The Morgan fingerprint density at radius 3 is 2.40 bits per heavy atom. The van der Waals surface area contributed by atoms with E-state index in [0.29, 0.717) is 5.41 Å². The molecule has 1 saturated carbocycles. The van der Waals surface area contributed by atoms with Crippen molar-refractivity contribution in [2.45, 2.75) is 51.9 Å². The molecule has 1 heterocycles. The van der Waals surface area contributed by atoms with E-state index >= 15 is 0 Å². The number of aryl methyl sites for hydroxylation is 1. The molecule has 1 aromatic rings. The van der Waals surface area contributed by atoms with E-state index in [4.69, 9.17) is 0 Å². The Balaban J connectivity index is 1.73. The standard InChI is InChI=1S/C18H24N2/c1-15-5-6-17(16(13-15)14-19)20-11-9-18(10-12-20)7-3-2-4-8-18/h5-6,13H,2-4,7-12H2,1H3. The molecule has 2 aliphatic rings. The van der Waals surface area contributed by atoms with Crippen LogP contribution in [0.15, 0.2) is 18.2 Å². The predicted molar refractivity (Wildman–Crippen MR) is 82.9 cm³/mol. The first-order valence-corrected chi connectivity index (χ1v) is 7.98. The molecule has 20 heavy (non-hydrogen) atoms. The summed E-state index contributed by atoms with van der Waals surface area (Å²) < 4.78 is 0. The van der Waals surface area contributed by atoms with Gasteiger partial charge in [0.2, 0.25) is 0 Å². The molecule has 2 heteroatoms. The van der Waals surface area contributed by atoms with Crippen molar-refractivity contribution in [3.05, 3.63) is 29.3 Å². The summed E-state index contributed by atoms with van der Waals surface area (Å²) in [5.74, 6) is 0. The normalized spacial score (nSPS) is 21.7. The summed E-state index contributed by atoms with van der Waals surface area (Å²) >= 11 is 0. The lowest BCUT2D eigenvalue weighted by molar-refractivity contribution is 0.144. The van der Waals surface area contributed by atoms with Gasteiger partial charge in [0.15, 0.2) is 0 Å². The van der Waals surface area contributed by atoms with Gasteiger partial charge < -0.3 is 4.90 Å². The highest BCUT2D eigenvalue weighted by Gasteiger charge is 2.35. The van der Waals surface area contributed by atoms with Gasteiger partial charge in [0.25, 0.3) is 0 Å².